The van der Waals surface area contributed by atoms with Crippen molar-refractivity contribution in [3.05, 3.63) is 0 Å². The standard InChI is InChI=1S/C11H24N2OS/c1-9(2)13(4)11(14)8-12-10(3)6-7-15-5/h9-10,12H,6-8H2,1-5H3. The minimum absolute atomic E-state index is 0.168. The summed E-state index contributed by atoms with van der Waals surface area (Å²) in [5.41, 5.74) is 0. The lowest BCUT2D eigenvalue weighted by molar-refractivity contribution is -0.130. The van der Waals surface area contributed by atoms with Crippen molar-refractivity contribution in [3.8, 4) is 0 Å². The first-order valence-electron chi connectivity index (χ1n) is 5.47. The molecule has 90 valence electrons. The second-order valence-corrected chi connectivity index (χ2v) is 5.15. The summed E-state index contributed by atoms with van der Waals surface area (Å²) in [5, 5.41) is 3.25. The van der Waals surface area contributed by atoms with E-state index in [9.17, 15) is 4.79 Å². The van der Waals surface area contributed by atoms with Gasteiger partial charge in [-0.05, 0) is 39.2 Å². The zero-order valence-corrected chi connectivity index (χ0v) is 11.4. The summed E-state index contributed by atoms with van der Waals surface area (Å²) in [5.74, 6) is 1.31. The molecule has 0 spiro atoms. The predicted octanol–water partition coefficient (Wildman–Crippen LogP) is 1.58. The van der Waals surface area contributed by atoms with Gasteiger partial charge in [0, 0.05) is 19.1 Å². The quantitative estimate of drug-likeness (QED) is 0.723. The highest BCUT2D eigenvalue weighted by Gasteiger charge is 2.12. The molecule has 0 saturated heterocycles. The van der Waals surface area contributed by atoms with E-state index in [2.05, 4.69) is 18.5 Å². The highest BCUT2D eigenvalue weighted by atomic mass is 32.2. The number of hydrogen-bond donors (Lipinski definition) is 1. The number of hydrogen-bond acceptors (Lipinski definition) is 3. The number of nitrogens with one attached hydrogen (secondary N) is 1. The predicted molar refractivity (Wildman–Crippen MR) is 68.4 cm³/mol. The number of amides is 1. The smallest absolute Gasteiger partial charge is 0.236 e. The van der Waals surface area contributed by atoms with E-state index in [0.29, 0.717) is 12.6 Å². The van der Waals surface area contributed by atoms with Crippen LogP contribution in [0.25, 0.3) is 0 Å². The van der Waals surface area contributed by atoms with Crippen molar-refractivity contribution < 1.29 is 4.79 Å². The van der Waals surface area contributed by atoms with E-state index in [-0.39, 0.29) is 11.9 Å². The molecule has 0 aliphatic heterocycles. The molecule has 0 radical (unpaired) electrons. The molecule has 0 fully saturated rings. The fraction of sp³-hybridized carbons (Fsp3) is 0.909. The normalized spacial score (nSPS) is 12.9. The lowest BCUT2D eigenvalue weighted by Gasteiger charge is -2.22. The van der Waals surface area contributed by atoms with Gasteiger partial charge >= 0.3 is 0 Å². The van der Waals surface area contributed by atoms with E-state index in [1.165, 1.54) is 0 Å². The van der Waals surface area contributed by atoms with Gasteiger partial charge in [0.15, 0.2) is 0 Å². The number of carbonyl (C=O) groups excluding carboxylic acids is 1. The molecule has 1 amide bonds. The summed E-state index contributed by atoms with van der Waals surface area (Å²) in [6, 6.07) is 0.697. The first-order chi connectivity index (χ1) is 6.99. The average molecular weight is 232 g/mol. The number of likely N-dealkylation sites (N-methyl/N-ethyl adjacent to an activating group) is 1. The highest BCUT2D eigenvalue weighted by molar-refractivity contribution is 7.98. The van der Waals surface area contributed by atoms with Crippen LogP contribution in [0.3, 0.4) is 0 Å². The summed E-state index contributed by atoms with van der Waals surface area (Å²) in [7, 11) is 1.85. The minimum Gasteiger partial charge on any atom is -0.342 e. The Bertz CT molecular complexity index is 185. The van der Waals surface area contributed by atoms with Crippen molar-refractivity contribution in [1.82, 2.24) is 10.2 Å². The van der Waals surface area contributed by atoms with Crippen LogP contribution in [0, 0.1) is 0 Å². The Labute approximate surface area is 98.0 Å². The molecule has 0 bridgehead atoms. The number of thioether (sulfide) groups is 1. The Morgan fingerprint density at radius 2 is 2.00 bits per heavy atom. The van der Waals surface area contributed by atoms with Crippen molar-refractivity contribution in [1.29, 1.82) is 0 Å². The average Bonchev–Trinajstić information content (AvgIpc) is 2.21. The van der Waals surface area contributed by atoms with Crippen LogP contribution in [-0.2, 0) is 4.79 Å². The molecule has 0 aliphatic rings. The van der Waals surface area contributed by atoms with E-state index in [0.717, 1.165) is 12.2 Å². The molecule has 0 saturated carbocycles. The molecule has 0 rings (SSSR count). The van der Waals surface area contributed by atoms with Gasteiger partial charge in [-0.15, -0.1) is 0 Å². The van der Waals surface area contributed by atoms with Gasteiger partial charge in [-0.1, -0.05) is 0 Å². The van der Waals surface area contributed by atoms with Crippen molar-refractivity contribution >= 4 is 17.7 Å². The van der Waals surface area contributed by atoms with E-state index in [1.807, 2.05) is 32.7 Å². The summed E-state index contributed by atoms with van der Waals surface area (Å²) in [4.78, 5) is 13.4. The van der Waals surface area contributed by atoms with Crippen LogP contribution < -0.4 is 5.32 Å². The van der Waals surface area contributed by atoms with Crippen LogP contribution in [-0.4, -0.2) is 48.5 Å². The number of carbonyl (C=O) groups is 1. The summed E-state index contributed by atoms with van der Waals surface area (Å²) < 4.78 is 0. The molecule has 1 N–H and O–H groups in total. The van der Waals surface area contributed by atoms with Crippen LogP contribution in [0.4, 0.5) is 0 Å². The van der Waals surface area contributed by atoms with E-state index < -0.39 is 0 Å². The Balaban J connectivity index is 3.70. The Kier molecular flexibility index (Phi) is 7.88. The molecule has 0 aromatic carbocycles. The lowest BCUT2D eigenvalue weighted by atomic mass is 10.2. The maximum absolute atomic E-state index is 11.6. The van der Waals surface area contributed by atoms with E-state index in [4.69, 9.17) is 0 Å². The Morgan fingerprint density at radius 1 is 1.40 bits per heavy atom. The molecular weight excluding hydrogens is 208 g/mol. The molecule has 1 atom stereocenters. The maximum atomic E-state index is 11.6. The third-order valence-electron chi connectivity index (χ3n) is 2.52. The highest BCUT2D eigenvalue weighted by Crippen LogP contribution is 2.00. The number of nitrogens with zero attached hydrogens (tertiary/aromatic N) is 1. The molecule has 3 nitrogen and oxygen atoms in total. The van der Waals surface area contributed by atoms with Crippen LogP contribution in [0.2, 0.25) is 0 Å². The molecule has 0 aromatic heterocycles. The molecule has 4 heteroatoms. The van der Waals surface area contributed by atoms with Gasteiger partial charge in [0.25, 0.3) is 0 Å². The van der Waals surface area contributed by atoms with Gasteiger partial charge in [-0.3, -0.25) is 4.79 Å². The first-order valence-corrected chi connectivity index (χ1v) is 6.86. The lowest BCUT2D eigenvalue weighted by Crippen LogP contribution is -2.42. The van der Waals surface area contributed by atoms with Crippen LogP contribution >= 0.6 is 11.8 Å². The second-order valence-electron chi connectivity index (χ2n) is 4.16. The molecule has 0 aliphatic carbocycles. The molecule has 0 heterocycles. The van der Waals surface area contributed by atoms with Gasteiger partial charge < -0.3 is 10.2 Å². The van der Waals surface area contributed by atoms with Crippen molar-refractivity contribution in [3.63, 3.8) is 0 Å². The van der Waals surface area contributed by atoms with Gasteiger partial charge in [0.2, 0.25) is 5.91 Å². The SMILES string of the molecule is CSCCC(C)NCC(=O)N(C)C(C)C. The zero-order valence-electron chi connectivity index (χ0n) is 10.5. The Morgan fingerprint density at radius 3 is 2.47 bits per heavy atom. The van der Waals surface area contributed by atoms with Crippen molar-refractivity contribution in [2.45, 2.75) is 39.3 Å². The topological polar surface area (TPSA) is 32.3 Å². The largest absolute Gasteiger partial charge is 0.342 e. The summed E-state index contributed by atoms with van der Waals surface area (Å²) >= 11 is 1.84. The monoisotopic (exact) mass is 232 g/mol. The number of rotatable bonds is 7. The summed E-state index contributed by atoms with van der Waals surface area (Å²) in [6.45, 7) is 6.62. The van der Waals surface area contributed by atoms with Gasteiger partial charge in [-0.25, -0.2) is 0 Å². The fourth-order valence-electron chi connectivity index (χ4n) is 1.07. The van der Waals surface area contributed by atoms with Crippen molar-refractivity contribution in [2.75, 3.05) is 25.6 Å². The van der Waals surface area contributed by atoms with E-state index in [1.54, 1.807) is 4.90 Å². The molecular formula is C11H24N2OS. The molecule has 0 aromatic rings. The van der Waals surface area contributed by atoms with Gasteiger partial charge in [0.1, 0.15) is 0 Å². The minimum atomic E-state index is 0.168. The van der Waals surface area contributed by atoms with Gasteiger partial charge in [0.05, 0.1) is 6.54 Å². The third kappa shape index (κ3) is 6.79. The van der Waals surface area contributed by atoms with E-state index >= 15 is 0 Å². The van der Waals surface area contributed by atoms with Crippen LogP contribution in [0.15, 0.2) is 0 Å². The van der Waals surface area contributed by atoms with Crippen molar-refractivity contribution in [2.24, 2.45) is 0 Å². The molecule has 15 heavy (non-hydrogen) atoms. The second kappa shape index (κ2) is 7.99. The van der Waals surface area contributed by atoms with Crippen LogP contribution in [0.5, 0.6) is 0 Å². The third-order valence-corrected chi connectivity index (χ3v) is 3.17. The first kappa shape index (κ1) is 14.8. The maximum Gasteiger partial charge on any atom is 0.236 e. The fourth-order valence-corrected chi connectivity index (χ4v) is 1.66. The van der Waals surface area contributed by atoms with Gasteiger partial charge in [-0.2, -0.15) is 11.8 Å². The Hall–Kier alpha value is -0.220. The summed E-state index contributed by atoms with van der Waals surface area (Å²) in [6.07, 6.45) is 3.21. The van der Waals surface area contributed by atoms with Crippen LogP contribution in [0.1, 0.15) is 27.2 Å². The molecule has 1 unspecified atom stereocenters. The zero-order chi connectivity index (χ0) is 11.8.